The van der Waals surface area contributed by atoms with Crippen molar-refractivity contribution in [2.75, 3.05) is 10.2 Å². The Kier molecular flexibility index (Phi) is 6.20. The van der Waals surface area contributed by atoms with Gasteiger partial charge in [0.25, 0.3) is 17.7 Å². The molecule has 8 nitrogen and oxygen atoms in total. The third-order valence-corrected chi connectivity index (χ3v) is 8.38. The Morgan fingerprint density at radius 2 is 1.80 bits per heavy atom. The summed E-state index contributed by atoms with van der Waals surface area (Å²) < 4.78 is 10.8. The van der Waals surface area contributed by atoms with Crippen molar-refractivity contribution in [3.05, 3.63) is 96.4 Å². The maximum Gasteiger partial charge on any atom is 0.291 e. The molecule has 5 aromatic rings. The van der Waals surface area contributed by atoms with Gasteiger partial charge >= 0.3 is 0 Å². The van der Waals surface area contributed by atoms with Gasteiger partial charge in [0.2, 0.25) is 5.82 Å². The number of furan rings is 1. The molecule has 1 fully saturated rings. The zero-order valence-electron chi connectivity index (χ0n) is 21.4. The van der Waals surface area contributed by atoms with Crippen LogP contribution in [0.4, 0.5) is 11.4 Å². The molecule has 0 radical (unpaired) electrons. The quantitative estimate of drug-likeness (QED) is 0.246. The van der Waals surface area contributed by atoms with Gasteiger partial charge in [-0.25, -0.2) is 0 Å². The highest BCUT2D eigenvalue weighted by atomic mass is 32.2. The van der Waals surface area contributed by atoms with Gasteiger partial charge in [0.15, 0.2) is 5.76 Å². The predicted octanol–water partition coefficient (Wildman–Crippen LogP) is 7.30. The van der Waals surface area contributed by atoms with Crippen LogP contribution in [0.15, 0.2) is 104 Å². The van der Waals surface area contributed by atoms with Crippen LogP contribution in [0.5, 0.6) is 0 Å². The Morgan fingerprint density at radius 3 is 2.65 bits per heavy atom. The molecule has 0 unspecified atom stereocenters. The average molecular weight is 549 g/mol. The van der Waals surface area contributed by atoms with Gasteiger partial charge in [-0.15, -0.1) is 0 Å². The van der Waals surface area contributed by atoms with E-state index >= 15 is 0 Å². The van der Waals surface area contributed by atoms with Crippen LogP contribution in [0, 0.1) is 0 Å². The van der Waals surface area contributed by atoms with Crippen LogP contribution in [-0.4, -0.2) is 28.0 Å². The minimum Gasteiger partial charge on any atom is -0.459 e. The summed E-state index contributed by atoms with van der Waals surface area (Å²) in [5, 5.41) is 7.06. The summed E-state index contributed by atoms with van der Waals surface area (Å²) >= 11 is 1.59. The van der Waals surface area contributed by atoms with E-state index in [1.807, 2.05) is 59.5 Å². The van der Waals surface area contributed by atoms with Crippen molar-refractivity contribution in [3.8, 4) is 22.8 Å². The summed E-state index contributed by atoms with van der Waals surface area (Å²) in [5.74, 6) is 0.715. The molecule has 2 aromatic heterocycles. The standard InChI is InChI=1S/C31H24N4O4S/c36-29(25-12-6-16-38-25)32-21-8-5-7-20(17-21)30-33-28(34-39-30)19-14-15-24-27(18-19)40-26-13-4-3-11-23(26)31(37)35(24)22-9-1-2-10-22/h3-8,11-18,22H,1-2,9-10H2,(H,32,36). The third-order valence-electron chi connectivity index (χ3n) is 7.26. The van der Waals surface area contributed by atoms with Gasteiger partial charge in [0, 0.05) is 32.6 Å². The molecule has 9 heteroatoms. The first kappa shape index (κ1) is 24.4. The van der Waals surface area contributed by atoms with E-state index in [2.05, 4.69) is 15.5 Å². The molecule has 3 aromatic carbocycles. The number of hydrogen-bond acceptors (Lipinski definition) is 7. The predicted molar refractivity (Wildman–Crippen MR) is 151 cm³/mol. The Balaban J connectivity index is 1.20. The number of carbonyl (C=O) groups excluding carboxylic acids is 2. The molecule has 1 saturated carbocycles. The number of benzene rings is 3. The summed E-state index contributed by atoms with van der Waals surface area (Å²) in [6.07, 6.45) is 5.74. The molecule has 0 spiro atoms. The van der Waals surface area contributed by atoms with E-state index in [9.17, 15) is 9.59 Å². The van der Waals surface area contributed by atoms with Crippen molar-refractivity contribution < 1.29 is 18.5 Å². The fourth-order valence-corrected chi connectivity index (χ4v) is 6.44. The maximum atomic E-state index is 13.7. The van der Waals surface area contributed by atoms with E-state index in [4.69, 9.17) is 8.94 Å². The number of rotatable bonds is 5. The van der Waals surface area contributed by atoms with Crippen LogP contribution in [0.3, 0.4) is 0 Å². The molecule has 0 bridgehead atoms. The number of fused-ring (bicyclic) bond motifs is 2. The highest BCUT2D eigenvalue weighted by Gasteiger charge is 2.34. The van der Waals surface area contributed by atoms with Crippen molar-refractivity contribution in [1.29, 1.82) is 0 Å². The van der Waals surface area contributed by atoms with Crippen LogP contribution in [0.2, 0.25) is 0 Å². The monoisotopic (exact) mass is 548 g/mol. The van der Waals surface area contributed by atoms with Gasteiger partial charge in [0.05, 0.1) is 17.5 Å². The van der Waals surface area contributed by atoms with Crippen molar-refractivity contribution in [1.82, 2.24) is 10.1 Å². The molecule has 2 aliphatic rings. The number of anilines is 2. The lowest BCUT2D eigenvalue weighted by Crippen LogP contribution is -2.39. The van der Waals surface area contributed by atoms with Crippen LogP contribution < -0.4 is 10.2 Å². The van der Waals surface area contributed by atoms with Gasteiger partial charge in [-0.3, -0.25) is 9.59 Å². The van der Waals surface area contributed by atoms with Crippen LogP contribution in [0.25, 0.3) is 22.8 Å². The molecule has 2 amide bonds. The molecular weight excluding hydrogens is 524 g/mol. The fraction of sp³-hybridized carbons (Fsp3) is 0.161. The molecule has 1 aliphatic heterocycles. The lowest BCUT2D eigenvalue weighted by Gasteiger charge is -2.29. The number of amides is 2. The number of hydrogen-bond donors (Lipinski definition) is 1. The SMILES string of the molecule is O=C(Nc1cccc(-c2nc(-c3ccc4c(c3)Sc3ccccc3C(=O)N4C3CCCC3)no2)c1)c1ccco1. The molecule has 0 atom stereocenters. The summed E-state index contributed by atoms with van der Waals surface area (Å²) in [6.45, 7) is 0. The van der Waals surface area contributed by atoms with Gasteiger partial charge in [-0.1, -0.05) is 48.0 Å². The smallest absolute Gasteiger partial charge is 0.291 e. The van der Waals surface area contributed by atoms with Crippen LogP contribution >= 0.6 is 11.8 Å². The van der Waals surface area contributed by atoms with Crippen molar-refractivity contribution in [3.63, 3.8) is 0 Å². The van der Waals surface area contributed by atoms with Crippen molar-refractivity contribution in [2.24, 2.45) is 0 Å². The molecule has 1 aliphatic carbocycles. The summed E-state index contributed by atoms with van der Waals surface area (Å²) in [4.78, 5) is 34.6. The van der Waals surface area contributed by atoms with E-state index in [1.165, 1.54) is 6.26 Å². The van der Waals surface area contributed by atoms with Crippen LogP contribution in [0.1, 0.15) is 46.6 Å². The zero-order chi connectivity index (χ0) is 27.1. The first-order chi connectivity index (χ1) is 19.6. The number of nitrogens with zero attached hydrogens (tertiary/aromatic N) is 3. The van der Waals surface area contributed by atoms with Gasteiger partial charge in [-0.05, 0) is 73.5 Å². The zero-order valence-corrected chi connectivity index (χ0v) is 22.2. The Morgan fingerprint density at radius 1 is 0.925 bits per heavy atom. The van der Waals surface area contributed by atoms with E-state index in [0.29, 0.717) is 23.0 Å². The summed E-state index contributed by atoms with van der Waals surface area (Å²) in [7, 11) is 0. The van der Waals surface area contributed by atoms with Crippen LogP contribution in [-0.2, 0) is 0 Å². The number of carbonyl (C=O) groups is 2. The third kappa shape index (κ3) is 4.48. The first-order valence-electron chi connectivity index (χ1n) is 13.2. The van der Waals surface area contributed by atoms with E-state index < -0.39 is 0 Å². The first-order valence-corrected chi connectivity index (χ1v) is 14.0. The molecule has 7 rings (SSSR count). The van der Waals surface area contributed by atoms with Crippen molar-refractivity contribution >= 4 is 35.0 Å². The van der Waals surface area contributed by atoms with E-state index in [0.717, 1.165) is 52.3 Å². The Bertz CT molecular complexity index is 1720. The second-order valence-corrected chi connectivity index (χ2v) is 10.9. The van der Waals surface area contributed by atoms with Crippen molar-refractivity contribution in [2.45, 2.75) is 41.5 Å². The van der Waals surface area contributed by atoms with Gasteiger partial charge in [0.1, 0.15) is 0 Å². The van der Waals surface area contributed by atoms with E-state index in [1.54, 1.807) is 36.0 Å². The number of aromatic nitrogens is 2. The topological polar surface area (TPSA) is 101 Å². The number of nitrogens with one attached hydrogen (secondary N) is 1. The minimum atomic E-state index is -0.345. The normalized spacial score (nSPS) is 15.0. The van der Waals surface area contributed by atoms with Gasteiger partial charge < -0.3 is 19.2 Å². The average Bonchev–Trinajstić information content (AvgIpc) is 3.77. The van der Waals surface area contributed by atoms with E-state index in [-0.39, 0.29) is 23.6 Å². The molecular formula is C31H24N4O4S. The summed E-state index contributed by atoms with van der Waals surface area (Å²) in [6, 6.07) is 24.4. The second-order valence-electron chi connectivity index (χ2n) is 9.83. The Hall–Kier alpha value is -4.63. The highest BCUT2D eigenvalue weighted by molar-refractivity contribution is 7.99. The van der Waals surface area contributed by atoms with Gasteiger partial charge in [-0.2, -0.15) is 4.98 Å². The lowest BCUT2D eigenvalue weighted by molar-refractivity contribution is 0.0972. The lowest BCUT2D eigenvalue weighted by atomic mass is 10.1. The molecule has 198 valence electrons. The second kappa shape index (κ2) is 10.2. The molecule has 0 saturated heterocycles. The fourth-order valence-electron chi connectivity index (χ4n) is 5.34. The Labute approximate surface area is 234 Å². The summed E-state index contributed by atoms with van der Waals surface area (Å²) in [5.41, 5.74) is 3.70. The molecule has 1 N–H and O–H groups in total. The molecule has 40 heavy (non-hydrogen) atoms. The minimum absolute atomic E-state index is 0.0577. The largest absolute Gasteiger partial charge is 0.459 e. The highest BCUT2D eigenvalue weighted by Crippen LogP contribution is 2.45. The molecule has 3 heterocycles. The maximum absolute atomic E-state index is 13.7.